The van der Waals surface area contributed by atoms with Crippen LogP contribution < -0.4 is 4.72 Å². The second-order valence-electron chi connectivity index (χ2n) is 7.61. The lowest BCUT2D eigenvalue weighted by Gasteiger charge is -2.39. The molecule has 1 aromatic carbocycles. The molecular formula is C18H21F3N2O4S. The third kappa shape index (κ3) is 4.16. The summed E-state index contributed by atoms with van der Waals surface area (Å²) < 4.78 is 65.8. The van der Waals surface area contributed by atoms with Crippen LogP contribution in [0.1, 0.15) is 48.5 Å². The SMILES string of the molecule is CC1(C(=O)NS(=O)(=O)C2CC2)CCCN(C(=O)c2ccccc2C(F)(F)F)C1. The van der Waals surface area contributed by atoms with E-state index >= 15 is 0 Å². The van der Waals surface area contributed by atoms with Crippen molar-refractivity contribution in [1.29, 1.82) is 0 Å². The zero-order valence-electron chi connectivity index (χ0n) is 15.3. The Balaban J connectivity index is 1.79. The van der Waals surface area contributed by atoms with Crippen molar-refractivity contribution in [3.05, 3.63) is 35.4 Å². The van der Waals surface area contributed by atoms with Crippen LogP contribution in [0.25, 0.3) is 0 Å². The van der Waals surface area contributed by atoms with E-state index < -0.39 is 49.8 Å². The topological polar surface area (TPSA) is 83.6 Å². The number of hydrogen-bond donors (Lipinski definition) is 1. The normalized spacial score (nSPS) is 23.4. The minimum atomic E-state index is -4.68. The van der Waals surface area contributed by atoms with E-state index in [-0.39, 0.29) is 13.1 Å². The number of nitrogens with one attached hydrogen (secondary N) is 1. The number of piperidine rings is 1. The van der Waals surface area contributed by atoms with Crippen molar-refractivity contribution in [2.45, 2.75) is 44.0 Å². The van der Waals surface area contributed by atoms with Crippen LogP contribution in [0.15, 0.2) is 24.3 Å². The number of amides is 2. The maximum Gasteiger partial charge on any atom is 0.417 e. The van der Waals surface area contributed by atoms with E-state index in [0.717, 1.165) is 12.1 Å². The van der Waals surface area contributed by atoms with Gasteiger partial charge in [-0.05, 0) is 44.7 Å². The number of likely N-dealkylation sites (tertiary alicyclic amines) is 1. The van der Waals surface area contributed by atoms with E-state index in [1.54, 1.807) is 0 Å². The molecule has 0 bridgehead atoms. The molecule has 6 nitrogen and oxygen atoms in total. The van der Waals surface area contributed by atoms with E-state index in [4.69, 9.17) is 0 Å². The van der Waals surface area contributed by atoms with Gasteiger partial charge in [-0.3, -0.25) is 14.3 Å². The lowest BCUT2D eigenvalue weighted by atomic mass is 9.81. The van der Waals surface area contributed by atoms with Crippen molar-refractivity contribution in [2.24, 2.45) is 5.41 Å². The summed E-state index contributed by atoms with van der Waals surface area (Å²) in [6.45, 7) is 1.58. The van der Waals surface area contributed by atoms with Gasteiger partial charge in [0.15, 0.2) is 0 Å². The Hall–Kier alpha value is -2.10. The molecule has 0 radical (unpaired) electrons. The number of rotatable bonds is 4. The van der Waals surface area contributed by atoms with Gasteiger partial charge in [0.2, 0.25) is 15.9 Å². The summed E-state index contributed by atoms with van der Waals surface area (Å²) in [5.74, 6) is -1.54. The molecule has 1 saturated heterocycles. The van der Waals surface area contributed by atoms with Crippen molar-refractivity contribution in [3.8, 4) is 0 Å². The standard InChI is InChI=1S/C18H21F3N2O4S/c1-17(16(25)22-28(26,27)12-7-8-12)9-4-10-23(11-17)15(24)13-5-2-3-6-14(13)18(19,20)21/h2-3,5-6,12H,4,7-11H2,1H3,(H,22,25). The van der Waals surface area contributed by atoms with Gasteiger partial charge in [0.1, 0.15) is 0 Å². The smallest absolute Gasteiger partial charge is 0.338 e. The van der Waals surface area contributed by atoms with Crippen LogP contribution in [0.5, 0.6) is 0 Å². The summed E-state index contributed by atoms with van der Waals surface area (Å²) in [6.07, 6.45) is -2.96. The number of carbonyl (C=O) groups is 2. The van der Waals surface area contributed by atoms with Crippen molar-refractivity contribution < 1.29 is 31.2 Å². The summed E-state index contributed by atoms with van der Waals surface area (Å²) in [4.78, 5) is 26.5. The van der Waals surface area contributed by atoms with Gasteiger partial charge in [-0.15, -0.1) is 0 Å². The van der Waals surface area contributed by atoms with Gasteiger partial charge in [-0.2, -0.15) is 13.2 Å². The lowest BCUT2D eigenvalue weighted by Crippen LogP contribution is -2.53. The fourth-order valence-electron chi connectivity index (χ4n) is 3.40. The first kappa shape index (κ1) is 20.6. The first-order chi connectivity index (χ1) is 12.9. The Labute approximate surface area is 161 Å². The quantitative estimate of drug-likeness (QED) is 0.815. The zero-order chi connectivity index (χ0) is 20.7. The molecule has 1 atom stereocenters. The molecule has 3 rings (SSSR count). The third-order valence-corrected chi connectivity index (χ3v) is 7.01. The van der Waals surface area contributed by atoms with E-state index in [2.05, 4.69) is 4.72 Å². The predicted octanol–water partition coefficient (Wildman–Crippen LogP) is 2.56. The molecule has 28 heavy (non-hydrogen) atoms. The molecular weight excluding hydrogens is 397 g/mol. The Morgan fingerprint density at radius 1 is 1.21 bits per heavy atom. The van der Waals surface area contributed by atoms with Crippen LogP contribution >= 0.6 is 0 Å². The van der Waals surface area contributed by atoms with Gasteiger partial charge in [0.25, 0.3) is 5.91 Å². The highest BCUT2D eigenvalue weighted by Crippen LogP contribution is 2.35. The van der Waals surface area contributed by atoms with Crippen LogP contribution in [-0.4, -0.2) is 43.5 Å². The Morgan fingerprint density at radius 2 is 1.86 bits per heavy atom. The second kappa shape index (κ2) is 7.06. The molecule has 2 aliphatic rings. The Bertz CT molecular complexity index is 896. The molecule has 154 valence electrons. The molecule has 1 saturated carbocycles. The fraction of sp³-hybridized carbons (Fsp3) is 0.556. The molecule has 2 fully saturated rings. The van der Waals surface area contributed by atoms with Crippen LogP contribution in [0.2, 0.25) is 0 Å². The van der Waals surface area contributed by atoms with E-state index in [0.29, 0.717) is 25.7 Å². The minimum absolute atomic E-state index is 0.149. The van der Waals surface area contributed by atoms with Gasteiger partial charge in [0, 0.05) is 13.1 Å². The molecule has 0 spiro atoms. The maximum absolute atomic E-state index is 13.2. The molecule has 1 aromatic rings. The molecule has 1 aliphatic heterocycles. The molecule has 2 amide bonds. The van der Waals surface area contributed by atoms with E-state index in [1.165, 1.54) is 24.0 Å². The number of halogens is 3. The first-order valence-corrected chi connectivity index (χ1v) is 10.5. The van der Waals surface area contributed by atoms with Gasteiger partial charge < -0.3 is 4.90 Å². The van der Waals surface area contributed by atoms with Gasteiger partial charge in [-0.25, -0.2) is 8.42 Å². The third-order valence-electron chi connectivity index (χ3n) is 5.19. The van der Waals surface area contributed by atoms with Crippen molar-refractivity contribution in [1.82, 2.24) is 9.62 Å². The number of carbonyl (C=O) groups excluding carboxylic acids is 2. The van der Waals surface area contributed by atoms with Crippen LogP contribution in [0, 0.1) is 5.41 Å². The Kier molecular flexibility index (Phi) is 5.20. The predicted molar refractivity (Wildman–Crippen MR) is 94.8 cm³/mol. The maximum atomic E-state index is 13.2. The van der Waals surface area contributed by atoms with Crippen LogP contribution in [0.4, 0.5) is 13.2 Å². The average Bonchev–Trinajstić information content (AvgIpc) is 3.46. The molecule has 10 heteroatoms. The highest BCUT2D eigenvalue weighted by Gasteiger charge is 2.45. The largest absolute Gasteiger partial charge is 0.417 e. The highest BCUT2D eigenvalue weighted by atomic mass is 32.2. The number of nitrogens with zero attached hydrogens (tertiary/aromatic N) is 1. The number of sulfonamides is 1. The zero-order valence-corrected chi connectivity index (χ0v) is 16.1. The van der Waals surface area contributed by atoms with Crippen molar-refractivity contribution in [2.75, 3.05) is 13.1 Å². The summed E-state index contributed by atoms with van der Waals surface area (Å²) in [5.41, 5.74) is -2.71. The summed E-state index contributed by atoms with van der Waals surface area (Å²) >= 11 is 0. The number of alkyl halides is 3. The summed E-state index contributed by atoms with van der Waals surface area (Å²) in [5, 5.41) is -0.569. The Morgan fingerprint density at radius 3 is 2.46 bits per heavy atom. The van der Waals surface area contributed by atoms with Crippen molar-refractivity contribution in [3.63, 3.8) is 0 Å². The van der Waals surface area contributed by atoms with Gasteiger partial charge in [-0.1, -0.05) is 12.1 Å². The summed E-state index contributed by atoms with van der Waals surface area (Å²) in [6, 6.07) is 4.50. The molecule has 1 unspecified atom stereocenters. The fourth-order valence-corrected chi connectivity index (χ4v) is 4.83. The molecule has 1 N–H and O–H groups in total. The van der Waals surface area contributed by atoms with Crippen molar-refractivity contribution >= 4 is 21.8 Å². The van der Waals surface area contributed by atoms with Crippen LogP contribution in [-0.2, 0) is 21.0 Å². The van der Waals surface area contributed by atoms with Gasteiger partial charge >= 0.3 is 6.18 Å². The highest BCUT2D eigenvalue weighted by molar-refractivity contribution is 7.90. The summed E-state index contributed by atoms with van der Waals surface area (Å²) in [7, 11) is -3.74. The molecule has 1 heterocycles. The second-order valence-corrected chi connectivity index (χ2v) is 9.57. The van der Waals surface area contributed by atoms with E-state index in [9.17, 15) is 31.2 Å². The number of hydrogen-bond acceptors (Lipinski definition) is 4. The molecule has 0 aromatic heterocycles. The monoisotopic (exact) mass is 418 g/mol. The van der Waals surface area contributed by atoms with Crippen LogP contribution in [0.3, 0.4) is 0 Å². The minimum Gasteiger partial charge on any atom is -0.338 e. The average molecular weight is 418 g/mol. The lowest BCUT2D eigenvalue weighted by molar-refractivity contribution is -0.138. The number of benzene rings is 1. The van der Waals surface area contributed by atoms with Gasteiger partial charge in [0.05, 0.1) is 21.8 Å². The van der Waals surface area contributed by atoms with E-state index in [1.807, 2.05) is 0 Å². The first-order valence-electron chi connectivity index (χ1n) is 8.96. The molecule has 1 aliphatic carbocycles.